The number of aryl methyl sites for hydroxylation is 1. The average Bonchev–Trinajstić information content (AvgIpc) is 3.45. The number of nitrogens with zero attached hydrogens (tertiary/aromatic N) is 3. The quantitative estimate of drug-likeness (QED) is 0.395. The van der Waals surface area contributed by atoms with Gasteiger partial charge in [-0.05, 0) is 43.4 Å². The second-order valence-corrected chi connectivity index (χ2v) is 7.93. The molecular weight excluding hydrogens is 459 g/mol. The summed E-state index contributed by atoms with van der Waals surface area (Å²) in [5.74, 6) is 1.20. The minimum atomic E-state index is -0.230. The molecule has 1 aliphatic rings. The van der Waals surface area contributed by atoms with Gasteiger partial charge in [-0.3, -0.25) is 14.4 Å². The predicted molar refractivity (Wildman–Crippen MR) is 122 cm³/mol. The van der Waals surface area contributed by atoms with Crippen LogP contribution < -0.4 is 10.1 Å². The second-order valence-electron chi connectivity index (χ2n) is 6.73. The molecule has 0 bridgehead atoms. The number of carbonyl (C=O) groups is 1. The summed E-state index contributed by atoms with van der Waals surface area (Å²) in [6, 6.07) is 8.63. The first-order valence-corrected chi connectivity index (χ1v) is 10.6. The van der Waals surface area contributed by atoms with Crippen molar-refractivity contribution in [3.63, 3.8) is 0 Å². The van der Waals surface area contributed by atoms with E-state index in [4.69, 9.17) is 44.6 Å². The number of para-hydroxylation sites is 1. The van der Waals surface area contributed by atoms with Gasteiger partial charge in [-0.25, -0.2) is 0 Å². The molecule has 0 aliphatic carbocycles. The van der Waals surface area contributed by atoms with E-state index in [1.165, 1.54) is 4.90 Å². The van der Waals surface area contributed by atoms with E-state index in [9.17, 15) is 4.79 Å². The number of aromatic nitrogens is 2. The fraction of sp³-hybridized carbons (Fsp3) is 0.190. The molecule has 7 nitrogen and oxygen atoms in total. The van der Waals surface area contributed by atoms with Crippen molar-refractivity contribution in [1.82, 2.24) is 20.0 Å². The maximum absolute atomic E-state index is 12.8. The van der Waals surface area contributed by atoms with E-state index in [-0.39, 0.29) is 12.5 Å². The van der Waals surface area contributed by atoms with Crippen molar-refractivity contribution >= 4 is 52.5 Å². The molecule has 3 aromatic rings. The third kappa shape index (κ3) is 4.76. The van der Waals surface area contributed by atoms with Crippen LogP contribution in [-0.2, 0) is 24.5 Å². The van der Waals surface area contributed by atoms with Crippen LogP contribution in [0.25, 0.3) is 6.08 Å². The Morgan fingerprint density at radius 1 is 1.26 bits per heavy atom. The molecule has 1 aromatic carbocycles. The predicted octanol–water partition coefficient (Wildman–Crippen LogP) is 4.64. The highest BCUT2D eigenvalue weighted by Crippen LogP contribution is 2.33. The van der Waals surface area contributed by atoms with E-state index >= 15 is 0 Å². The first-order valence-electron chi connectivity index (χ1n) is 9.46. The summed E-state index contributed by atoms with van der Waals surface area (Å²) in [5.41, 5.74) is 1.24. The number of ether oxygens (including phenoxy) is 1. The normalized spacial score (nSPS) is 15.1. The molecular formula is C21H18Cl2N4O3S. The molecule has 0 atom stereocenters. The Balaban J connectivity index is 1.42. The lowest BCUT2D eigenvalue weighted by Gasteiger charge is -2.12. The Kier molecular flexibility index (Phi) is 6.31. The zero-order valence-electron chi connectivity index (χ0n) is 16.5. The van der Waals surface area contributed by atoms with Crippen LogP contribution in [0.4, 0.5) is 0 Å². The summed E-state index contributed by atoms with van der Waals surface area (Å²) in [5, 5.41) is 8.34. The largest absolute Gasteiger partial charge is 0.483 e. The highest BCUT2D eigenvalue weighted by molar-refractivity contribution is 7.80. The lowest BCUT2D eigenvalue weighted by molar-refractivity contribution is -0.122. The number of benzene rings is 1. The van der Waals surface area contributed by atoms with Gasteiger partial charge in [0.2, 0.25) is 0 Å². The van der Waals surface area contributed by atoms with E-state index < -0.39 is 0 Å². The van der Waals surface area contributed by atoms with E-state index in [1.54, 1.807) is 47.3 Å². The summed E-state index contributed by atoms with van der Waals surface area (Å²) in [6.45, 7) is 3.24. The molecule has 1 fully saturated rings. The monoisotopic (exact) mass is 476 g/mol. The molecule has 10 heteroatoms. The highest BCUT2D eigenvalue weighted by atomic mass is 35.5. The molecule has 1 N–H and O–H groups in total. The summed E-state index contributed by atoms with van der Waals surface area (Å²) < 4.78 is 13.2. The van der Waals surface area contributed by atoms with Gasteiger partial charge in [-0.15, -0.1) is 0 Å². The molecule has 0 saturated carbocycles. The molecule has 2 aromatic heterocycles. The van der Waals surface area contributed by atoms with Gasteiger partial charge in [-0.1, -0.05) is 29.3 Å². The summed E-state index contributed by atoms with van der Waals surface area (Å²) in [4.78, 5) is 14.3. The molecule has 4 rings (SSSR count). The molecule has 0 unspecified atom stereocenters. The van der Waals surface area contributed by atoms with Crippen LogP contribution >= 0.6 is 35.4 Å². The number of carbonyl (C=O) groups excluding carboxylic acids is 1. The highest BCUT2D eigenvalue weighted by Gasteiger charge is 2.31. The van der Waals surface area contributed by atoms with Gasteiger partial charge in [0.15, 0.2) is 10.9 Å². The van der Waals surface area contributed by atoms with Crippen LogP contribution in [0.1, 0.15) is 24.0 Å². The number of furan rings is 1. The number of hydrogen-bond acceptors (Lipinski definition) is 5. The molecule has 0 radical (unpaired) electrons. The Hall–Kier alpha value is -2.81. The number of thiocarbonyl (C=S) groups is 1. The Morgan fingerprint density at radius 3 is 2.74 bits per heavy atom. The van der Waals surface area contributed by atoms with E-state index in [2.05, 4.69) is 10.4 Å². The average molecular weight is 477 g/mol. The summed E-state index contributed by atoms with van der Waals surface area (Å²) in [7, 11) is 0. The van der Waals surface area contributed by atoms with Crippen molar-refractivity contribution in [2.75, 3.05) is 0 Å². The molecule has 1 amide bonds. The minimum Gasteiger partial charge on any atom is -0.483 e. The Bertz CT molecular complexity index is 1150. The first kappa shape index (κ1) is 21.4. The zero-order valence-corrected chi connectivity index (χ0v) is 18.8. The maximum Gasteiger partial charge on any atom is 0.276 e. The third-order valence-electron chi connectivity index (χ3n) is 4.56. The number of halogens is 2. The van der Waals surface area contributed by atoms with Gasteiger partial charge >= 0.3 is 0 Å². The molecule has 1 aliphatic heterocycles. The van der Waals surface area contributed by atoms with Crippen LogP contribution in [0.2, 0.25) is 10.0 Å². The number of rotatable bonds is 7. The zero-order chi connectivity index (χ0) is 22.0. The SMILES string of the molecule is CCn1cc(CN2C(=O)/C(=C\c3ccc(COc4c(Cl)cccc4Cl)o3)NC2=S)cn1. The molecule has 3 heterocycles. The van der Waals surface area contributed by atoms with Crippen LogP contribution in [0.5, 0.6) is 5.75 Å². The van der Waals surface area contributed by atoms with Crippen LogP contribution in [0.15, 0.2) is 52.8 Å². The third-order valence-corrected chi connectivity index (χ3v) is 5.48. The van der Waals surface area contributed by atoms with Crippen molar-refractivity contribution in [2.45, 2.75) is 26.6 Å². The fourth-order valence-electron chi connectivity index (χ4n) is 3.01. The minimum absolute atomic E-state index is 0.139. The maximum atomic E-state index is 12.8. The number of amides is 1. The molecule has 31 heavy (non-hydrogen) atoms. The fourth-order valence-corrected chi connectivity index (χ4v) is 3.78. The van der Waals surface area contributed by atoms with Crippen LogP contribution in [-0.4, -0.2) is 25.7 Å². The standard InChI is InChI=1S/C21H18Cl2N4O3S/c1-2-26-10-13(9-24-26)11-27-20(28)18(25-21(27)31)8-14-6-7-15(30-14)12-29-19-16(22)4-3-5-17(19)23/h3-10H,2,11-12H2,1H3,(H,25,31)/b18-8+. The smallest absolute Gasteiger partial charge is 0.276 e. The number of nitrogens with one attached hydrogen (secondary N) is 1. The van der Waals surface area contributed by atoms with Gasteiger partial charge in [0, 0.05) is 24.4 Å². The Morgan fingerprint density at radius 2 is 2.03 bits per heavy atom. The second kappa shape index (κ2) is 9.13. The number of hydrogen-bond donors (Lipinski definition) is 1. The van der Waals surface area contributed by atoms with Crippen molar-refractivity contribution in [2.24, 2.45) is 0 Å². The lowest BCUT2D eigenvalue weighted by atomic mass is 10.3. The van der Waals surface area contributed by atoms with Gasteiger partial charge in [-0.2, -0.15) is 5.10 Å². The van der Waals surface area contributed by atoms with E-state index in [0.717, 1.165) is 12.1 Å². The lowest BCUT2D eigenvalue weighted by Crippen LogP contribution is -2.29. The van der Waals surface area contributed by atoms with E-state index in [1.807, 2.05) is 13.1 Å². The van der Waals surface area contributed by atoms with Crippen molar-refractivity contribution in [3.8, 4) is 5.75 Å². The van der Waals surface area contributed by atoms with Gasteiger partial charge in [0.1, 0.15) is 23.8 Å². The molecule has 160 valence electrons. The molecule has 0 spiro atoms. The van der Waals surface area contributed by atoms with Gasteiger partial charge in [0.05, 0.1) is 22.8 Å². The van der Waals surface area contributed by atoms with Crippen molar-refractivity contribution in [1.29, 1.82) is 0 Å². The van der Waals surface area contributed by atoms with Gasteiger partial charge < -0.3 is 14.5 Å². The molecule has 1 saturated heterocycles. The summed E-state index contributed by atoms with van der Waals surface area (Å²) >= 11 is 17.5. The van der Waals surface area contributed by atoms with Gasteiger partial charge in [0.25, 0.3) is 5.91 Å². The van der Waals surface area contributed by atoms with Crippen molar-refractivity contribution < 1.29 is 13.9 Å². The van der Waals surface area contributed by atoms with Crippen molar-refractivity contribution in [3.05, 3.63) is 75.6 Å². The topological polar surface area (TPSA) is 72.5 Å². The Labute approximate surface area is 194 Å². The van der Waals surface area contributed by atoms with Crippen LogP contribution in [0.3, 0.4) is 0 Å². The van der Waals surface area contributed by atoms with E-state index in [0.29, 0.717) is 44.7 Å². The summed E-state index contributed by atoms with van der Waals surface area (Å²) in [6.07, 6.45) is 5.23. The first-order chi connectivity index (χ1) is 14.9. The van der Waals surface area contributed by atoms with Crippen LogP contribution in [0, 0.1) is 0 Å².